The van der Waals surface area contributed by atoms with Gasteiger partial charge >= 0.3 is 0 Å². The van der Waals surface area contributed by atoms with Gasteiger partial charge in [0.1, 0.15) is 0 Å². The Kier molecular flexibility index (Phi) is 6.77. The van der Waals surface area contributed by atoms with E-state index in [2.05, 4.69) is 32.5 Å². The van der Waals surface area contributed by atoms with Gasteiger partial charge in [0, 0.05) is 55.7 Å². The first-order chi connectivity index (χ1) is 15.6. The first-order valence-corrected chi connectivity index (χ1v) is 10.7. The van der Waals surface area contributed by atoms with Gasteiger partial charge in [-0.25, -0.2) is 0 Å². The highest BCUT2D eigenvalue weighted by Gasteiger charge is 2.15. The summed E-state index contributed by atoms with van der Waals surface area (Å²) in [6.07, 6.45) is 3.25. The van der Waals surface area contributed by atoms with Crippen molar-refractivity contribution in [1.29, 1.82) is 0 Å². The van der Waals surface area contributed by atoms with E-state index in [0.717, 1.165) is 37.4 Å². The lowest BCUT2D eigenvalue weighted by molar-refractivity contribution is 0.0950. The number of amides is 2. The second-order valence-corrected chi connectivity index (χ2v) is 7.91. The molecule has 2 aromatic carbocycles. The summed E-state index contributed by atoms with van der Waals surface area (Å²) in [6.45, 7) is 4.48. The van der Waals surface area contributed by atoms with E-state index in [4.69, 9.17) is 0 Å². The Morgan fingerprint density at radius 1 is 0.875 bits per heavy atom. The van der Waals surface area contributed by atoms with Crippen LogP contribution in [0.4, 0.5) is 11.4 Å². The van der Waals surface area contributed by atoms with Crippen molar-refractivity contribution in [2.75, 3.05) is 43.4 Å². The Hall–Kier alpha value is -3.71. The predicted octanol–water partition coefficient (Wildman–Crippen LogP) is 3.02. The minimum atomic E-state index is -0.200. The monoisotopic (exact) mass is 429 g/mol. The fourth-order valence-corrected chi connectivity index (χ4v) is 3.59. The molecule has 0 saturated carbocycles. The third-order valence-electron chi connectivity index (χ3n) is 5.59. The molecule has 7 heteroatoms. The molecule has 4 rings (SSSR count). The SMILES string of the molecule is CN1CCN(c2ccc(C(=O)NCc3ccc(C(=O)Nc4cccnc4)cc3)cc2)CC1. The second kappa shape index (κ2) is 10.1. The van der Waals surface area contributed by atoms with E-state index in [9.17, 15) is 9.59 Å². The topological polar surface area (TPSA) is 77.6 Å². The molecule has 1 aliphatic heterocycles. The quantitative estimate of drug-likeness (QED) is 0.630. The van der Waals surface area contributed by atoms with Gasteiger partial charge in [0.25, 0.3) is 11.8 Å². The largest absolute Gasteiger partial charge is 0.369 e. The Bertz CT molecular complexity index is 1040. The maximum absolute atomic E-state index is 12.5. The third kappa shape index (κ3) is 5.50. The fraction of sp³-hybridized carbons (Fsp3) is 0.240. The van der Waals surface area contributed by atoms with Crippen LogP contribution >= 0.6 is 0 Å². The number of nitrogens with zero attached hydrogens (tertiary/aromatic N) is 3. The van der Waals surface area contributed by atoms with Crippen LogP contribution in [0.25, 0.3) is 0 Å². The molecule has 1 fully saturated rings. The maximum atomic E-state index is 12.5. The normalized spacial score (nSPS) is 14.1. The van der Waals surface area contributed by atoms with Gasteiger partial charge in [-0.05, 0) is 61.1 Å². The van der Waals surface area contributed by atoms with E-state index in [-0.39, 0.29) is 11.8 Å². The van der Waals surface area contributed by atoms with E-state index in [1.165, 1.54) is 0 Å². The van der Waals surface area contributed by atoms with Crippen LogP contribution in [-0.4, -0.2) is 54.9 Å². The van der Waals surface area contributed by atoms with Crippen molar-refractivity contribution in [1.82, 2.24) is 15.2 Å². The zero-order chi connectivity index (χ0) is 22.3. The molecule has 7 nitrogen and oxygen atoms in total. The molecule has 3 aromatic rings. The number of carbonyl (C=O) groups is 2. The maximum Gasteiger partial charge on any atom is 0.255 e. The second-order valence-electron chi connectivity index (χ2n) is 7.91. The standard InChI is InChI=1S/C25H27N5O2/c1-29-13-15-30(16-14-29)23-10-8-20(9-11-23)24(31)27-17-19-4-6-21(7-5-19)25(32)28-22-3-2-12-26-18-22/h2-12,18H,13-17H2,1H3,(H,27,31)(H,28,32). The van der Waals surface area contributed by atoms with Crippen LogP contribution in [0.1, 0.15) is 26.3 Å². The Balaban J connectivity index is 1.28. The van der Waals surface area contributed by atoms with Crippen molar-refractivity contribution in [3.8, 4) is 0 Å². The fourth-order valence-electron chi connectivity index (χ4n) is 3.59. The van der Waals surface area contributed by atoms with Crippen molar-refractivity contribution < 1.29 is 9.59 Å². The zero-order valence-electron chi connectivity index (χ0n) is 18.1. The van der Waals surface area contributed by atoms with Crippen LogP contribution in [0.2, 0.25) is 0 Å². The minimum absolute atomic E-state index is 0.117. The number of likely N-dealkylation sites (N-methyl/N-ethyl adjacent to an activating group) is 1. The lowest BCUT2D eigenvalue weighted by atomic mass is 10.1. The van der Waals surface area contributed by atoms with Crippen LogP contribution in [0.5, 0.6) is 0 Å². The first-order valence-electron chi connectivity index (χ1n) is 10.7. The smallest absolute Gasteiger partial charge is 0.255 e. The van der Waals surface area contributed by atoms with Gasteiger partial charge in [0.2, 0.25) is 0 Å². The van der Waals surface area contributed by atoms with Crippen molar-refractivity contribution in [3.05, 3.63) is 89.7 Å². The summed E-state index contributed by atoms with van der Waals surface area (Å²) in [5.74, 6) is -0.317. The zero-order valence-corrected chi connectivity index (χ0v) is 18.1. The molecular weight excluding hydrogens is 402 g/mol. The summed E-state index contributed by atoms with van der Waals surface area (Å²) < 4.78 is 0. The van der Waals surface area contributed by atoms with E-state index < -0.39 is 0 Å². The number of nitrogens with one attached hydrogen (secondary N) is 2. The molecule has 0 unspecified atom stereocenters. The van der Waals surface area contributed by atoms with Crippen LogP contribution in [0, 0.1) is 0 Å². The van der Waals surface area contributed by atoms with E-state index in [1.807, 2.05) is 36.4 Å². The number of rotatable bonds is 6. The summed E-state index contributed by atoms with van der Waals surface area (Å²) in [6, 6.07) is 18.5. The van der Waals surface area contributed by atoms with Crippen LogP contribution in [0.15, 0.2) is 73.1 Å². The number of aromatic nitrogens is 1. The molecule has 2 N–H and O–H groups in total. The van der Waals surface area contributed by atoms with Gasteiger partial charge in [-0.2, -0.15) is 0 Å². The Morgan fingerprint density at radius 3 is 2.19 bits per heavy atom. The molecule has 2 amide bonds. The third-order valence-corrected chi connectivity index (χ3v) is 5.59. The minimum Gasteiger partial charge on any atom is -0.369 e. The summed E-state index contributed by atoms with van der Waals surface area (Å²) in [5.41, 5.74) is 3.89. The molecule has 0 atom stereocenters. The highest BCUT2D eigenvalue weighted by Crippen LogP contribution is 2.17. The summed E-state index contributed by atoms with van der Waals surface area (Å²) >= 11 is 0. The molecule has 164 valence electrons. The van der Waals surface area contributed by atoms with Gasteiger partial charge < -0.3 is 20.4 Å². The molecule has 32 heavy (non-hydrogen) atoms. The number of carbonyl (C=O) groups excluding carboxylic acids is 2. The lowest BCUT2D eigenvalue weighted by Crippen LogP contribution is -2.44. The van der Waals surface area contributed by atoms with Crippen LogP contribution < -0.4 is 15.5 Å². The van der Waals surface area contributed by atoms with Crippen molar-refractivity contribution in [2.24, 2.45) is 0 Å². The Morgan fingerprint density at radius 2 is 1.53 bits per heavy atom. The average Bonchev–Trinajstić information content (AvgIpc) is 2.84. The highest BCUT2D eigenvalue weighted by molar-refractivity contribution is 6.04. The van der Waals surface area contributed by atoms with Gasteiger partial charge in [-0.15, -0.1) is 0 Å². The molecule has 0 radical (unpaired) electrons. The number of hydrogen-bond donors (Lipinski definition) is 2. The van der Waals surface area contributed by atoms with Crippen molar-refractivity contribution in [2.45, 2.75) is 6.54 Å². The highest BCUT2D eigenvalue weighted by atomic mass is 16.2. The van der Waals surface area contributed by atoms with Gasteiger partial charge in [0.05, 0.1) is 11.9 Å². The van der Waals surface area contributed by atoms with Gasteiger partial charge in [-0.3, -0.25) is 14.6 Å². The number of piperazine rings is 1. The molecule has 0 aliphatic carbocycles. The summed E-state index contributed by atoms with van der Waals surface area (Å²) in [5, 5.41) is 5.74. The average molecular weight is 430 g/mol. The first kappa shape index (κ1) is 21.5. The Labute approximate surface area is 188 Å². The molecule has 0 spiro atoms. The van der Waals surface area contributed by atoms with E-state index in [1.54, 1.807) is 36.7 Å². The predicted molar refractivity (Wildman–Crippen MR) is 126 cm³/mol. The molecular formula is C25H27N5O2. The molecule has 1 aliphatic rings. The van der Waals surface area contributed by atoms with E-state index >= 15 is 0 Å². The molecule has 1 aromatic heterocycles. The van der Waals surface area contributed by atoms with Gasteiger partial charge in [-0.1, -0.05) is 12.1 Å². The molecule has 0 bridgehead atoms. The lowest BCUT2D eigenvalue weighted by Gasteiger charge is -2.34. The van der Waals surface area contributed by atoms with E-state index in [0.29, 0.717) is 23.4 Å². The summed E-state index contributed by atoms with van der Waals surface area (Å²) in [4.78, 5) is 33.5. The van der Waals surface area contributed by atoms with Crippen molar-refractivity contribution in [3.63, 3.8) is 0 Å². The number of hydrogen-bond acceptors (Lipinski definition) is 5. The molecule has 2 heterocycles. The summed E-state index contributed by atoms with van der Waals surface area (Å²) in [7, 11) is 2.13. The van der Waals surface area contributed by atoms with Crippen LogP contribution in [-0.2, 0) is 6.54 Å². The number of pyridine rings is 1. The number of anilines is 2. The number of benzene rings is 2. The van der Waals surface area contributed by atoms with Gasteiger partial charge in [0.15, 0.2) is 0 Å². The van der Waals surface area contributed by atoms with Crippen molar-refractivity contribution >= 4 is 23.2 Å². The van der Waals surface area contributed by atoms with Crippen LogP contribution in [0.3, 0.4) is 0 Å². The molecule has 1 saturated heterocycles.